The Hall–Kier alpha value is -3.35. The normalized spacial score (nSPS) is 10.4. The lowest BCUT2D eigenvalue weighted by atomic mass is 10.1. The van der Waals surface area contributed by atoms with Gasteiger partial charge in [-0.15, -0.1) is 0 Å². The molecule has 0 unspecified atom stereocenters. The Morgan fingerprint density at radius 2 is 1.21 bits per heavy atom. The number of hydrogen-bond acceptors (Lipinski definition) is 7. The monoisotopic (exact) mass is 325 g/mol. The molecule has 3 rings (SSSR count). The summed E-state index contributed by atoms with van der Waals surface area (Å²) < 4.78 is 10.1. The minimum atomic E-state index is -0.00884. The molecule has 7 nitrogen and oxygen atoms in total. The van der Waals surface area contributed by atoms with Crippen molar-refractivity contribution in [2.75, 3.05) is 14.2 Å². The third kappa shape index (κ3) is 2.91. The summed E-state index contributed by atoms with van der Waals surface area (Å²) in [4.78, 5) is 12.5. The van der Waals surface area contributed by atoms with Crippen molar-refractivity contribution in [3.63, 3.8) is 0 Å². The van der Waals surface area contributed by atoms with E-state index >= 15 is 0 Å². The Kier molecular flexibility index (Phi) is 4.15. The number of rotatable bonds is 4. The minimum Gasteiger partial charge on any atom is -0.507 e. The first-order valence-corrected chi connectivity index (χ1v) is 7.06. The molecule has 1 heterocycles. The van der Waals surface area contributed by atoms with Crippen molar-refractivity contribution in [3.8, 4) is 45.8 Å². The summed E-state index contributed by atoms with van der Waals surface area (Å²) >= 11 is 0. The molecule has 0 aliphatic carbocycles. The highest BCUT2D eigenvalue weighted by molar-refractivity contribution is 5.69. The summed E-state index contributed by atoms with van der Waals surface area (Å²) in [6.07, 6.45) is 1.32. The molecule has 0 aliphatic heterocycles. The van der Waals surface area contributed by atoms with Crippen LogP contribution in [0, 0.1) is 0 Å². The minimum absolute atomic E-state index is 0.00884. The van der Waals surface area contributed by atoms with E-state index < -0.39 is 0 Å². The maximum absolute atomic E-state index is 10.1. The van der Waals surface area contributed by atoms with Gasteiger partial charge in [0.05, 0.1) is 25.3 Å². The molecule has 2 N–H and O–H groups in total. The lowest BCUT2D eigenvalue weighted by Gasteiger charge is -2.08. The highest BCUT2D eigenvalue weighted by Gasteiger charge is 2.13. The molecular formula is C17H15N3O4. The van der Waals surface area contributed by atoms with Gasteiger partial charge in [0, 0.05) is 12.1 Å². The summed E-state index contributed by atoms with van der Waals surface area (Å²) in [7, 11) is 3.03. The Labute approximate surface area is 138 Å². The molecule has 0 amide bonds. The quantitative estimate of drug-likeness (QED) is 0.761. The number of benzene rings is 2. The molecule has 2 aromatic carbocycles. The molecule has 0 aliphatic rings. The number of phenolic OH excluding ortho intramolecular Hbond substituents is 2. The largest absolute Gasteiger partial charge is 0.507 e. The van der Waals surface area contributed by atoms with Crippen LogP contribution in [0.15, 0.2) is 42.7 Å². The van der Waals surface area contributed by atoms with Crippen molar-refractivity contribution in [3.05, 3.63) is 42.7 Å². The Bertz CT molecular complexity index is 815. The van der Waals surface area contributed by atoms with Crippen molar-refractivity contribution < 1.29 is 19.7 Å². The van der Waals surface area contributed by atoms with Gasteiger partial charge in [-0.3, -0.25) is 0 Å². The molecule has 1 aromatic heterocycles. The fourth-order valence-electron chi connectivity index (χ4n) is 2.21. The maximum Gasteiger partial charge on any atom is 0.167 e. The molecule has 0 radical (unpaired) electrons. The topological polar surface area (TPSA) is 97.6 Å². The van der Waals surface area contributed by atoms with Gasteiger partial charge in [0.25, 0.3) is 0 Å². The number of aromatic hydroxyl groups is 2. The number of hydrogen-bond donors (Lipinski definition) is 2. The van der Waals surface area contributed by atoms with Crippen LogP contribution in [0.1, 0.15) is 0 Å². The van der Waals surface area contributed by atoms with Crippen LogP contribution in [0.3, 0.4) is 0 Å². The molecule has 0 atom stereocenters. The van der Waals surface area contributed by atoms with Gasteiger partial charge in [-0.1, -0.05) is 0 Å². The van der Waals surface area contributed by atoms with E-state index in [4.69, 9.17) is 9.47 Å². The molecule has 0 saturated carbocycles. The lowest BCUT2D eigenvalue weighted by molar-refractivity contribution is 0.408. The third-order valence-corrected chi connectivity index (χ3v) is 3.46. The van der Waals surface area contributed by atoms with E-state index in [0.717, 1.165) is 0 Å². The van der Waals surface area contributed by atoms with Gasteiger partial charge >= 0.3 is 0 Å². The van der Waals surface area contributed by atoms with E-state index in [9.17, 15) is 10.2 Å². The molecule has 0 fully saturated rings. The van der Waals surface area contributed by atoms with E-state index in [1.54, 1.807) is 24.3 Å². The van der Waals surface area contributed by atoms with Gasteiger partial charge in [0.2, 0.25) is 0 Å². The first kappa shape index (κ1) is 15.5. The summed E-state index contributed by atoms with van der Waals surface area (Å²) in [6, 6.07) is 9.66. The molecule has 3 aromatic rings. The first-order valence-electron chi connectivity index (χ1n) is 7.06. The second kappa shape index (κ2) is 6.41. The second-order valence-corrected chi connectivity index (χ2v) is 4.90. The zero-order chi connectivity index (χ0) is 17.1. The fraction of sp³-hybridized carbons (Fsp3) is 0.118. The van der Waals surface area contributed by atoms with Crippen molar-refractivity contribution in [2.45, 2.75) is 0 Å². The van der Waals surface area contributed by atoms with Crippen molar-refractivity contribution >= 4 is 0 Å². The highest BCUT2D eigenvalue weighted by Crippen LogP contribution is 2.33. The van der Waals surface area contributed by atoms with Crippen molar-refractivity contribution in [1.29, 1.82) is 0 Å². The van der Waals surface area contributed by atoms with Crippen LogP contribution in [0.2, 0.25) is 0 Å². The molecule has 24 heavy (non-hydrogen) atoms. The van der Waals surface area contributed by atoms with E-state index in [1.807, 2.05) is 0 Å². The van der Waals surface area contributed by atoms with Gasteiger partial charge in [0.1, 0.15) is 29.3 Å². The SMILES string of the molecule is COc1ccc(-c2ncnc(-c3ccc(OC)cc3O)n2)c(O)c1. The first-order chi connectivity index (χ1) is 11.6. The molecule has 7 heteroatoms. The van der Waals surface area contributed by atoms with E-state index in [-0.39, 0.29) is 23.1 Å². The number of nitrogens with zero attached hydrogens (tertiary/aromatic N) is 3. The van der Waals surface area contributed by atoms with Crippen LogP contribution in [0.4, 0.5) is 0 Å². The predicted molar refractivity (Wildman–Crippen MR) is 87.1 cm³/mol. The number of phenols is 2. The highest BCUT2D eigenvalue weighted by atomic mass is 16.5. The molecular weight excluding hydrogens is 310 g/mol. The van der Waals surface area contributed by atoms with Gasteiger partial charge in [0.15, 0.2) is 11.6 Å². The summed E-state index contributed by atoms with van der Waals surface area (Å²) in [5, 5.41) is 20.2. The average molecular weight is 325 g/mol. The smallest absolute Gasteiger partial charge is 0.167 e. The maximum atomic E-state index is 10.1. The molecule has 0 saturated heterocycles. The second-order valence-electron chi connectivity index (χ2n) is 4.90. The lowest BCUT2D eigenvalue weighted by Crippen LogP contribution is -1.96. The van der Waals surface area contributed by atoms with E-state index in [2.05, 4.69) is 15.0 Å². The molecule has 0 spiro atoms. The Morgan fingerprint density at radius 1 is 0.750 bits per heavy atom. The zero-order valence-electron chi connectivity index (χ0n) is 13.1. The third-order valence-electron chi connectivity index (χ3n) is 3.46. The Balaban J connectivity index is 2.04. The van der Waals surface area contributed by atoms with Crippen LogP contribution >= 0.6 is 0 Å². The zero-order valence-corrected chi connectivity index (χ0v) is 13.1. The Morgan fingerprint density at radius 3 is 1.58 bits per heavy atom. The number of ether oxygens (including phenoxy) is 2. The van der Waals surface area contributed by atoms with E-state index in [1.165, 1.54) is 32.7 Å². The van der Waals surface area contributed by atoms with Crippen LogP contribution in [-0.2, 0) is 0 Å². The molecule has 122 valence electrons. The summed E-state index contributed by atoms with van der Waals surface area (Å²) in [5.41, 5.74) is 0.875. The van der Waals surface area contributed by atoms with E-state index in [0.29, 0.717) is 22.6 Å². The van der Waals surface area contributed by atoms with Gasteiger partial charge < -0.3 is 19.7 Å². The van der Waals surface area contributed by atoms with Crippen LogP contribution in [0.25, 0.3) is 22.8 Å². The average Bonchev–Trinajstić information content (AvgIpc) is 2.61. The van der Waals surface area contributed by atoms with Gasteiger partial charge in [-0.25, -0.2) is 15.0 Å². The number of aromatic nitrogens is 3. The summed E-state index contributed by atoms with van der Waals surface area (Å²) in [5.74, 6) is 1.61. The molecule has 0 bridgehead atoms. The summed E-state index contributed by atoms with van der Waals surface area (Å²) in [6.45, 7) is 0. The predicted octanol–water partition coefficient (Wildman–Crippen LogP) is 2.63. The van der Waals surface area contributed by atoms with Crippen LogP contribution < -0.4 is 9.47 Å². The van der Waals surface area contributed by atoms with Crippen LogP contribution in [0.5, 0.6) is 23.0 Å². The fourth-order valence-corrected chi connectivity index (χ4v) is 2.21. The van der Waals surface area contributed by atoms with Gasteiger partial charge in [-0.05, 0) is 24.3 Å². The number of methoxy groups -OCH3 is 2. The van der Waals surface area contributed by atoms with Crippen molar-refractivity contribution in [1.82, 2.24) is 15.0 Å². The van der Waals surface area contributed by atoms with Gasteiger partial charge in [-0.2, -0.15) is 0 Å². The van der Waals surface area contributed by atoms with Crippen LogP contribution in [-0.4, -0.2) is 39.4 Å². The standard InChI is InChI=1S/C17H15N3O4/c1-23-10-3-5-12(14(21)7-10)16-18-9-19-17(20-16)13-6-4-11(24-2)8-15(13)22/h3-9,21-22H,1-2H3. The van der Waals surface area contributed by atoms with Crippen molar-refractivity contribution in [2.24, 2.45) is 0 Å².